The van der Waals surface area contributed by atoms with Crippen LogP contribution in [-0.4, -0.2) is 47.5 Å². The summed E-state index contributed by atoms with van der Waals surface area (Å²) in [7, 11) is -6.20. The van der Waals surface area contributed by atoms with E-state index in [9.17, 15) is 21.6 Å². The van der Waals surface area contributed by atoms with Crippen LogP contribution in [0.4, 0.5) is 5.69 Å². The Bertz CT molecular complexity index is 900. The maximum atomic E-state index is 12.5. The van der Waals surface area contributed by atoms with Crippen LogP contribution in [0.2, 0.25) is 0 Å². The van der Waals surface area contributed by atoms with Crippen molar-refractivity contribution in [3.05, 3.63) is 23.3 Å². The lowest BCUT2D eigenvalue weighted by Crippen LogP contribution is -2.41. The van der Waals surface area contributed by atoms with Crippen molar-refractivity contribution in [2.45, 2.75) is 37.6 Å². The van der Waals surface area contributed by atoms with Crippen molar-refractivity contribution in [3.8, 4) is 0 Å². The summed E-state index contributed by atoms with van der Waals surface area (Å²) < 4.78 is 55.3. The van der Waals surface area contributed by atoms with E-state index in [2.05, 4.69) is 4.74 Å². The van der Waals surface area contributed by atoms with E-state index in [1.165, 1.54) is 19.2 Å². The number of ether oxygens (including phenoxy) is 1. The Labute approximate surface area is 142 Å². The first-order chi connectivity index (χ1) is 10.8. The molecule has 0 N–H and O–H groups in total. The van der Waals surface area contributed by atoms with Gasteiger partial charge >= 0.3 is 5.97 Å². The van der Waals surface area contributed by atoms with Gasteiger partial charge in [0.15, 0.2) is 9.84 Å². The van der Waals surface area contributed by atoms with Crippen molar-refractivity contribution in [1.29, 1.82) is 0 Å². The molecule has 1 aliphatic rings. The fourth-order valence-corrected chi connectivity index (χ4v) is 6.04. The molecule has 9 heteroatoms. The third-order valence-corrected chi connectivity index (χ3v) is 7.22. The first kappa shape index (κ1) is 18.7. The van der Waals surface area contributed by atoms with Gasteiger partial charge in [-0.25, -0.2) is 21.6 Å². The Morgan fingerprint density at radius 1 is 1.29 bits per heavy atom. The third kappa shape index (κ3) is 3.14. The van der Waals surface area contributed by atoms with Gasteiger partial charge in [-0.05, 0) is 44.9 Å². The minimum atomic E-state index is -3.77. The Morgan fingerprint density at radius 2 is 1.88 bits per heavy atom. The molecule has 1 aromatic carbocycles. The molecule has 1 aliphatic heterocycles. The number of esters is 1. The highest BCUT2D eigenvalue weighted by molar-refractivity contribution is 7.93. The fraction of sp³-hybridized carbons (Fsp3) is 0.533. The molecule has 7 nitrogen and oxygen atoms in total. The second-order valence-corrected chi connectivity index (χ2v) is 10.5. The van der Waals surface area contributed by atoms with Gasteiger partial charge in [-0.15, -0.1) is 0 Å². The summed E-state index contributed by atoms with van der Waals surface area (Å²) in [6.45, 7) is 5.10. The monoisotopic (exact) mass is 375 g/mol. The lowest BCUT2D eigenvalue weighted by atomic mass is 10.0. The number of aryl methyl sites for hydroxylation is 1. The number of hydrogen-bond acceptors (Lipinski definition) is 6. The second kappa shape index (κ2) is 5.73. The van der Waals surface area contributed by atoms with Gasteiger partial charge in [-0.3, -0.25) is 4.31 Å². The van der Waals surface area contributed by atoms with Crippen molar-refractivity contribution < 1.29 is 26.4 Å². The van der Waals surface area contributed by atoms with E-state index in [4.69, 9.17) is 0 Å². The standard InChI is InChI=1S/C15H21NO6S2/c1-10-8-12(16-15(2,3)6-7-24(16,20)21)13(23(5,18)19)9-11(10)14(17)22-4/h8-9H,6-7H2,1-5H3. The normalized spacial score (nSPS) is 19.3. The zero-order chi connectivity index (χ0) is 18.5. The number of hydrogen-bond donors (Lipinski definition) is 0. The molecule has 1 aromatic rings. The predicted octanol–water partition coefficient (Wildman–Crippen LogP) is 1.50. The van der Waals surface area contributed by atoms with Crippen LogP contribution < -0.4 is 4.31 Å². The van der Waals surface area contributed by atoms with E-state index in [1.807, 2.05) is 0 Å². The molecule has 1 heterocycles. The summed E-state index contributed by atoms with van der Waals surface area (Å²) in [6.07, 6.45) is 1.37. The van der Waals surface area contributed by atoms with E-state index in [-0.39, 0.29) is 21.9 Å². The predicted molar refractivity (Wildman–Crippen MR) is 90.6 cm³/mol. The average molecular weight is 375 g/mol. The minimum Gasteiger partial charge on any atom is -0.465 e. The van der Waals surface area contributed by atoms with Crippen molar-refractivity contribution in [2.24, 2.45) is 0 Å². The zero-order valence-corrected chi connectivity index (χ0v) is 15.9. The molecule has 0 atom stereocenters. The summed E-state index contributed by atoms with van der Waals surface area (Å²) in [5.41, 5.74) is -0.138. The number of carbonyl (C=O) groups excluding carboxylic acids is 1. The second-order valence-electron chi connectivity index (χ2n) is 6.54. The Morgan fingerprint density at radius 3 is 2.29 bits per heavy atom. The van der Waals surface area contributed by atoms with Crippen LogP contribution in [0.15, 0.2) is 17.0 Å². The van der Waals surface area contributed by atoms with Crippen molar-refractivity contribution in [1.82, 2.24) is 0 Å². The van der Waals surface area contributed by atoms with E-state index >= 15 is 0 Å². The average Bonchev–Trinajstić information content (AvgIpc) is 2.65. The summed E-state index contributed by atoms with van der Waals surface area (Å²) in [4.78, 5) is 11.7. The molecular weight excluding hydrogens is 354 g/mol. The van der Waals surface area contributed by atoms with Gasteiger partial charge in [0, 0.05) is 6.26 Å². The third-order valence-electron chi connectivity index (χ3n) is 4.13. The van der Waals surface area contributed by atoms with E-state index in [0.717, 1.165) is 10.6 Å². The first-order valence-electron chi connectivity index (χ1n) is 7.27. The number of sulfone groups is 1. The molecule has 0 aromatic heterocycles. The number of sulfonamides is 1. The molecule has 0 aliphatic carbocycles. The highest BCUT2D eigenvalue weighted by atomic mass is 32.2. The van der Waals surface area contributed by atoms with Gasteiger partial charge in [-0.1, -0.05) is 0 Å². The highest BCUT2D eigenvalue weighted by Gasteiger charge is 2.45. The summed E-state index contributed by atoms with van der Waals surface area (Å²) in [6, 6.07) is 2.61. The first-order valence-corrected chi connectivity index (χ1v) is 10.8. The van der Waals surface area contributed by atoms with Gasteiger partial charge in [0.05, 0.1) is 34.5 Å². The molecule has 0 amide bonds. The van der Waals surface area contributed by atoms with Crippen molar-refractivity contribution in [3.63, 3.8) is 0 Å². The molecule has 1 fully saturated rings. The van der Waals surface area contributed by atoms with Crippen LogP contribution in [0.25, 0.3) is 0 Å². The molecule has 2 rings (SSSR count). The molecule has 0 radical (unpaired) electrons. The molecule has 134 valence electrons. The Balaban J connectivity index is 2.84. The number of rotatable bonds is 3. The smallest absolute Gasteiger partial charge is 0.338 e. The maximum absolute atomic E-state index is 12.5. The van der Waals surface area contributed by atoms with Crippen LogP contribution in [0.1, 0.15) is 36.2 Å². The number of nitrogens with zero attached hydrogens (tertiary/aromatic N) is 1. The summed E-state index contributed by atoms with van der Waals surface area (Å²) >= 11 is 0. The zero-order valence-electron chi connectivity index (χ0n) is 14.3. The number of anilines is 1. The van der Waals surface area contributed by atoms with Gasteiger partial charge in [0.25, 0.3) is 0 Å². The van der Waals surface area contributed by atoms with Crippen LogP contribution in [0, 0.1) is 6.92 Å². The molecule has 0 bridgehead atoms. The summed E-state index contributed by atoms with van der Waals surface area (Å²) in [5.74, 6) is -0.728. The van der Waals surface area contributed by atoms with E-state index in [0.29, 0.717) is 12.0 Å². The van der Waals surface area contributed by atoms with Gasteiger partial charge < -0.3 is 4.74 Å². The molecule has 0 unspecified atom stereocenters. The topological polar surface area (TPSA) is 97.8 Å². The lowest BCUT2D eigenvalue weighted by molar-refractivity contribution is 0.0599. The SMILES string of the molecule is COC(=O)c1cc(S(C)(=O)=O)c(N2C(C)(C)CCS2(=O)=O)cc1C. The van der Waals surface area contributed by atoms with Crippen molar-refractivity contribution >= 4 is 31.5 Å². The fourth-order valence-electron chi connectivity index (χ4n) is 2.88. The van der Waals surface area contributed by atoms with E-state index < -0.39 is 31.4 Å². The minimum absolute atomic E-state index is 0.0546. The van der Waals surface area contributed by atoms with Crippen LogP contribution >= 0.6 is 0 Å². The van der Waals surface area contributed by atoms with Crippen LogP contribution in [0.3, 0.4) is 0 Å². The van der Waals surface area contributed by atoms with Crippen molar-refractivity contribution in [2.75, 3.05) is 23.4 Å². The molecule has 1 saturated heterocycles. The number of benzene rings is 1. The highest BCUT2D eigenvalue weighted by Crippen LogP contribution is 2.40. The molecule has 0 spiro atoms. The van der Waals surface area contributed by atoms with Gasteiger partial charge in [0.1, 0.15) is 0 Å². The van der Waals surface area contributed by atoms with E-state index in [1.54, 1.807) is 20.8 Å². The molecule has 24 heavy (non-hydrogen) atoms. The quantitative estimate of drug-likeness (QED) is 0.743. The Hall–Kier alpha value is -1.61. The molecular formula is C15H21NO6S2. The van der Waals surface area contributed by atoms with Gasteiger partial charge in [-0.2, -0.15) is 0 Å². The van der Waals surface area contributed by atoms with Gasteiger partial charge in [0.2, 0.25) is 10.0 Å². The maximum Gasteiger partial charge on any atom is 0.338 e. The number of carbonyl (C=O) groups is 1. The summed E-state index contributed by atoms with van der Waals surface area (Å²) in [5, 5.41) is 0. The largest absolute Gasteiger partial charge is 0.465 e. The Kier molecular flexibility index (Phi) is 4.47. The molecule has 0 saturated carbocycles. The number of methoxy groups -OCH3 is 1. The van der Waals surface area contributed by atoms with Crippen LogP contribution in [-0.2, 0) is 24.6 Å². The van der Waals surface area contributed by atoms with Crippen LogP contribution in [0.5, 0.6) is 0 Å². The lowest BCUT2D eigenvalue weighted by Gasteiger charge is -2.33.